The van der Waals surface area contributed by atoms with Crippen LogP contribution in [0.1, 0.15) is 13.3 Å². The van der Waals surface area contributed by atoms with Crippen LogP contribution < -0.4 is 5.73 Å². The van der Waals surface area contributed by atoms with Crippen LogP contribution in [0.5, 0.6) is 0 Å². The second kappa shape index (κ2) is 3.50. The lowest BCUT2D eigenvalue weighted by Gasteiger charge is -2.05. The molecule has 1 atom stereocenters. The lowest BCUT2D eigenvalue weighted by atomic mass is 10.1. The first kappa shape index (κ1) is 7.50. The predicted molar refractivity (Wildman–Crippen MR) is 34.6 cm³/mol. The molecule has 0 aliphatic heterocycles. The van der Waals surface area contributed by atoms with Gasteiger partial charge in [-0.1, -0.05) is 13.5 Å². The molecular weight excluding hydrogens is 102 g/mol. The minimum atomic E-state index is 0.153. The largest absolute Gasteiger partial charge is 0.513 e. The highest BCUT2D eigenvalue weighted by Gasteiger charge is 2.00. The smallest absolute Gasteiger partial charge is 0.0879 e. The third kappa shape index (κ3) is 2.64. The van der Waals surface area contributed by atoms with Crippen LogP contribution in [0.25, 0.3) is 0 Å². The molecule has 0 aromatic carbocycles. The van der Waals surface area contributed by atoms with Crippen molar-refractivity contribution in [2.24, 2.45) is 11.7 Å². The van der Waals surface area contributed by atoms with E-state index in [9.17, 15) is 0 Å². The lowest BCUT2D eigenvalue weighted by Crippen LogP contribution is -2.06. The van der Waals surface area contributed by atoms with E-state index in [1.807, 2.05) is 6.92 Å². The summed E-state index contributed by atoms with van der Waals surface area (Å²) in [7, 11) is 0. The molecule has 0 aromatic rings. The van der Waals surface area contributed by atoms with Crippen molar-refractivity contribution in [1.82, 2.24) is 0 Å². The van der Waals surface area contributed by atoms with Gasteiger partial charge >= 0.3 is 0 Å². The topological polar surface area (TPSA) is 46.2 Å². The van der Waals surface area contributed by atoms with E-state index in [0.29, 0.717) is 6.54 Å². The summed E-state index contributed by atoms with van der Waals surface area (Å²) in [4.78, 5) is 0. The molecule has 0 amide bonds. The summed E-state index contributed by atoms with van der Waals surface area (Å²) in [5.74, 6) is 0.385. The molecule has 0 bridgehead atoms. The summed E-state index contributed by atoms with van der Waals surface area (Å²) in [6.45, 7) is 5.88. The van der Waals surface area contributed by atoms with Crippen molar-refractivity contribution < 1.29 is 5.11 Å². The van der Waals surface area contributed by atoms with Crippen LogP contribution in [0.4, 0.5) is 0 Å². The molecule has 48 valence electrons. The van der Waals surface area contributed by atoms with Crippen LogP contribution in [0, 0.1) is 5.92 Å². The van der Waals surface area contributed by atoms with Gasteiger partial charge < -0.3 is 10.8 Å². The van der Waals surface area contributed by atoms with Crippen molar-refractivity contribution in [3.05, 3.63) is 12.3 Å². The summed E-state index contributed by atoms with van der Waals surface area (Å²) in [5.41, 5.74) is 5.22. The van der Waals surface area contributed by atoms with E-state index >= 15 is 0 Å². The lowest BCUT2D eigenvalue weighted by molar-refractivity contribution is 0.336. The van der Waals surface area contributed by atoms with E-state index in [0.717, 1.165) is 6.42 Å². The van der Waals surface area contributed by atoms with Crippen molar-refractivity contribution in [3.63, 3.8) is 0 Å². The standard InChI is InChI=1S/C6H13NO/c1-5(3-4-7)6(2)8/h5,8H,2-4,7H2,1H3/t5-/m1/s1. The van der Waals surface area contributed by atoms with Crippen molar-refractivity contribution >= 4 is 0 Å². The van der Waals surface area contributed by atoms with E-state index in [4.69, 9.17) is 10.8 Å². The number of aliphatic hydroxyl groups is 1. The molecule has 0 saturated carbocycles. The van der Waals surface area contributed by atoms with E-state index in [1.54, 1.807) is 0 Å². The molecule has 0 spiro atoms. The van der Waals surface area contributed by atoms with Gasteiger partial charge in [-0.3, -0.25) is 0 Å². The molecule has 0 fully saturated rings. The summed E-state index contributed by atoms with van der Waals surface area (Å²) < 4.78 is 0. The normalized spacial score (nSPS) is 13.2. The fraction of sp³-hybridized carbons (Fsp3) is 0.667. The Kier molecular flexibility index (Phi) is 3.28. The Balaban J connectivity index is 3.32. The van der Waals surface area contributed by atoms with Gasteiger partial charge in [-0.05, 0) is 13.0 Å². The molecule has 0 rings (SSSR count). The van der Waals surface area contributed by atoms with E-state index in [2.05, 4.69) is 6.58 Å². The number of aliphatic hydroxyl groups excluding tert-OH is 1. The molecule has 2 nitrogen and oxygen atoms in total. The Morgan fingerprint density at radius 2 is 2.38 bits per heavy atom. The summed E-state index contributed by atoms with van der Waals surface area (Å²) in [6.07, 6.45) is 0.815. The SMILES string of the molecule is C=C(O)[C@H](C)CCN. The maximum atomic E-state index is 8.70. The highest BCUT2D eigenvalue weighted by molar-refractivity contribution is 4.85. The van der Waals surface area contributed by atoms with Crippen LogP contribution >= 0.6 is 0 Å². The van der Waals surface area contributed by atoms with Gasteiger partial charge in [0.05, 0.1) is 5.76 Å². The van der Waals surface area contributed by atoms with Crippen molar-refractivity contribution in [3.8, 4) is 0 Å². The van der Waals surface area contributed by atoms with E-state index in [1.165, 1.54) is 0 Å². The quantitative estimate of drug-likeness (QED) is 0.540. The van der Waals surface area contributed by atoms with Crippen LogP contribution in [-0.4, -0.2) is 11.7 Å². The summed E-state index contributed by atoms with van der Waals surface area (Å²) in [5, 5.41) is 8.70. The van der Waals surface area contributed by atoms with Crippen LogP contribution in [0.15, 0.2) is 12.3 Å². The van der Waals surface area contributed by atoms with Gasteiger partial charge in [0.25, 0.3) is 0 Å². The molecule has 0 radical (unpaired) electrons. The minimum absolute atomic E-state index is 0.153. The zero-order valence-electron chi connectivity index (χ0n) is 5.22. The molecule has 0 unspecified atom stereocenters. The van der Waals surface area contributed by atoms with Gasteiger partial charge in [0.2, 0.25) is 0 Å². The van der Waals surface area contributed by atoms with Gasteiger partial charge in [-0.15, -0.1) is 0 Å². The molecule has 0 saturated heterocycles. The van der Waals surface area contributed by atoms with Crippen molar-refractivity contribution in [2.75, 3.05) is 6.54 Å². The second-order valence-electron chi connectivity index (χ2n) is 1.97. The Morgan fingerprint density at radius 1 is 1.88 bits per heavy atom. The molecule has 2 heteroatoms. The van der Waals surface area contributed by atoms with Crippen LogP contribution in [0.3, 0.4) is 0 Å². The Bertz CT molecular complexity index is 80.6. The number of allylic oxidation sites excluding steroid dienone is 1. The molecular formula is C6H13NO. The van der Waals surface area contributed by atoms with Gasteiger partial charge in [-0.2, -0.15) is 0 Å². The molecule has 8 heavy (non-hydrogen) atoms. The van der Waals surface area contributed by atoms with Gasteiger partial charge in [-0.25, -0.2) is 0 Å². The molecule has 0 aliphatic carbocycles. The van der Waals surface area contributed by atoms with Crippen molar-refractivity contribution in [2.45, 2.75) is 13.3 Å². The first-order valence-electron chi connectivity index (χ1n) is 2.76. The van der Waals surface area contributed by atoms with Crippen molar-refractivity contribution in [1.29, 1.82) is 0 Å². The number of rotatable bonds is 3. The third-order valence-corrected chi connectivity index (χ3v) is 1.17. The monoisotopic (exact) mass is 115 g/mol. The minimum Gasteiger partial charge on any atom is -0.513 e. The van der Waals surface area contributed by atoms with Gasteiger partial charge in [0.15, 0.2) is 0 Å². The fourth-order valence-corrected chi connectivity index (χ4v) is 0.417. The fourth-order valence-electron chi connectivity index (χ4n) is 0.417. The second-order valence-corrected chi connectivity index (χ2v) is 1.97. The predicted octanol–water partition coefficient (Wildman–Crippen LogP) is 1.04. The molecule has 0 heterocycles. The Hall–Kier alpha value is -0.500. The third-order valence-electron chi connectivity index (χ3n) is 1.17. The zero-order valence-corrected chi connectivity index (χ0v) is 5.22. The highest BCUT2D eigenvalue weighted by atomic mass is 16.3. The number of hydrogen-bond donors (Lipinski definition) is 2. The Labute approximate surface area is 50.0 Å². The van der Waals surface area contributed by atoms with Gasteiger partial charge in [0, 0.05) is 5.92 Å². The first-order chi connectivity index (χ1) is 3.68. The maximum absolute atomic E-state index is 8.70. The Morgan fingerprint density at radius 3 is 2.50 bits per heavy atom. The average molecular weight is 115 g/mol. The highest BCUT2D eigenvalue weighted by Crippen LogP contribution is 2.06. The van der Waals surface area contributed by atoms with Crippen LogP contribution in [-0.2, 0) is 0 Å². The van der Waals surface area contributed by atoms with Gasteiger partial charge in [0.1, 0.15) is 0 Å². The zero-order chi connectivity index (χ0) is 6.57. The summed E-state index contributed by atoms with van der Waals surface area (Å²) >= 11 is 0. The van der Waals surface area contributed by atoms with Crippen LogP contribution in [0.2, 0.25) is 0 Å². The van der Waals surface area contributed by atoms with E-state index in [-0.39, 0.29) is 11.7 Å². The first-order valence-corrected chi connectivity index (χ1v) is 2.76. The maximum Gasteiger partial charge on any atom is 0.0879 e. The summed E-state index contributed by atoms with van der Waals surface area (Å²) in [6, 6.07) is 0. The molecule has 3 N–H and O–H groups in total. The number of nitrogens with two attached hydrogens (primary N) is 1. The number of hydrogen-bond acceptors (Lipinski definition) is 2. The molecule has 0 aromatic heterocycles. The average Bonchev–Trinajstić information content (AvgIpc) is 1.67. The molecule has 0 aliphatic rings. The van der Waals surface area contributed by atoms with E-state index < -0.39 is 0 Å².